The van der Waals surface area contributed by atoms with Crippen LogP contribution < -0.4 is 5.56 Å². The van der Waals surface area contributed by atoms with Crippen LogP contribution in [0.4, 0.5) is 0 Å². The van der Waals surface area contributed by atoms with Gasteiger partial charge in [-0.15, -0.1) is 11.3 Å². The van der Waals surface area contributed by atoms with E-state index in [0.29, 0.717) is 17.6 Å². The summed E-state index contributed by atoms with van der Waals surface area (Å²) in [7, 11) is 1.76. The van der Waals surface area contributed by atoms with Crippen LogP contribution in [0.25, 0.3) is 11.0 Å². The van der Waals surface area contributed by atoms with Crippen LogP contribution in [0.1, 0.15) is 5.69 Å². The largest absolute Gasteiger partial charge is 0.292 e. The summed E-state index contributed by atoms with van der Waals surface area (Å²) in [5.41, 5.74) is 3.12. The van der Waals surface area contributed by atoms with Crippen molar-refractivity contribution in [3.05, 3.63) is 39.5 Å². The zero-order valence-corrected chi connectivity index (χ0v) is 9.89. The summed E-state index contributed by atoms with van der Waals surface area (Å²) in [5.74, 6) is 0. The molecular formula is C10H9N5OS. The lowest BCUT2D eigenvalue weighted by atomic mass is 10.4. The Morgan fingerprint density at radius 3 is 3.06 bits per heavy atom. The Hall–Kier alpha value is -2.02. The minimum Gasteiger partial charge on any atom is -0.292 e. The van der Waals surface area contributed by atoms with Crippen LogP contribution >= 0.6 is 11.3 Å². The van der Waals surface area contributed by atoms with E-state index in [0.717, 1.165) is 5.69 Å². The number of fused-ring (bicyclic) bond motifs is 1. The fraction of sp³-hybridized carbons (Fsp3) is 0.200. The molecule has 0 amide bonds. The first-order valence-electron chi connectivity index (χ1n) is 5.00. The molecular weight excluding hydrogens is 238 g/mol. The zero-order chi connectivity index (χ0) is 11.8. The Morgan fingerprint density at radius 1 is 1.41 bits per heavy atom. The van der Waals surface area contributed by atoms with E-state index in [4.69, 9.17) is 0 Å². The van der Waals surface area contributed by atoms with Gasteiger partial charge in [-0.1, -0.05) is 0 Å². The highest BCUT2D eigenvalue weighted by Gasteiger charge is 2.08. The summed E-state index contributed by atoms with van der Waals surface area (Å²) in [6, 6.07) is 0. The predicted molar refractivity (Wildman–Crippen MR) is 64.0 cm³/mol. The van der Waals surface area contributed by atoms with Gasteiger partial charge < -0.3 is 0 Å². The van der Waals surface area contributed by atoms with E-state index in [1.54, 1.807) is 28.0 Å². The Labute approximate surface area is 100 Å². The summed E-state index contributed by atoms with van der Waals surface area (Å²) in [5, 5.41) is 6.47. The average molecular weight is 247 g/mol. The van der Waals surface area contributed by atoms with E-state index < -0.39 is 0 Å². The van der Waals surface area contributed by atoms with E-state index in [-0.39, 0.29) is 5.56 Å². The summed E-state index contributed by atoms with van der Waals surface area (Å²) in [4.78, 5) is 20.5. The number of rotatable bonds is 2. The van der Waals surface area contributed by atoms with Crippen LogP contribution in [0.3, 0.4) is 0 Å². The van der Waals surface area contributed by atoms with Crippen LogP contribution in [0.5, 0.6) is 0 Å². The van der Waals surface area contributed by atoms with Gasteiger partial charge in [0.05, 0.1) is 23.9 Å². The lowest BCUT2D eigenvalue weighted by Crippen LogP contribution is -2.21. The highest BCUT2D eigenvalue weighted by Crippen LogP contribution is 2.05. The molecule has 0 aromatic carbocycles. The van der Waals surface area contributed by atoms with Gasteiger partial charge in [0.15, 0.2) is 5.65 Å². The Balaban J connectivity index is 2.12. The minimum absolute atomic E-state index is 0.0869. The first-order chi connectivity index (χ1) is 8.25. The molecule has 0 unspecified atom stereocenters. The molecule has 17 heavy (non-hydrogen) atoms. The van der Waals surface area contributed by atoms with Gasteiger partial charge >= 0.3 is 0 Å². The molecule has 3 aromatic heterocycles. The van der Waals surface area contributed by atoms with Gasteiger partial charge in [-0.05, 0) is 0 Å². The van der Waals surface area contributed by atoms with Gasteiger partial charge in [-0.25, -0.2) is 9.97 Å². The summed E-state index contributed by atoms with van der Waals surface area (Å²) >= 11 is 1.51. The van der Waals surface area contributed by atoms with Crippen LogP contribution in [-0.2, 0) is 13.6 Å². The van der Waals surface area contributed by atoms with Crippen molar-refractivity contribution in [3.63, 3.8) is 0 Å². The molecule has 0 saturated carbocycles. The predicted octanol–water partition coefficient (Wildman–Crippen LogP) is 0.635. The third-order valence-corrected chi connectivity index (χ3v) is 3.17. The maximum atomic E-state index is 12.1. The molecule has 0 aliphatic heterocycles. The van der Waals surface area contributed by atoms with Crippen molar-refractivity contribution in [2.75, 3.05) is 0 Å². The average Bonchev–Trinajstić information content (AvgIpc) is 2.93. The van der Waals surface area contributed by atoms with Crippen molar-refractivity contribution >= 4 is 22.4 Å². The topological polar surface area (TPSA) is 65.6 Å². The van der Waals surface area contributed by atoms with Crippen molar-refractivity contribution in [1.82, 2.24) is 24.3 Å². The van der Waals surface area contributed by atoms with E-state index in [1.807, 2.05) is 5.38 Å². The molecule has 0 aliphatic rings. The Kier molecular flexibility index (Phi) is 2.25. The van der Waals surface area contributed by atoms with Gasteiger partial charge in [0, 0.05) is 12.4 Å². The third kappa shape index (κ3) is 1.64. The van der Waals surface area contributed by atoms with Gasteiger partial charge in [0.1, 0.15) is 11.7 Å². The van der Waals surface area contributed by atoms with Gasteiger partial charge in [-0.2, -0.15) is 5.10 Å². The van der Waals surface area contributed by atoms with Crippen LogP contribution in [0.15, 0.2) is 28.2 Å². The quantitative estimate of drug-likeness (QED) is 0.666. The second-order valence-corrected chi connectivity index (χ2v) is 4.38. The number of hydrogen-bond acceptors (Lipinski definition) is 5. The lowest BCUT2D eigenvalue weighted by Gasteiger charge is -2.02. The monoisotopic (exact) mass is 247 g/mol. The molecule has 0 N–H and O–H groups in total. The molecule has 0 radical (unpaired) electrons. The molecule has 3 rings (SSSR count). The molecule has 6 nitrogen and oxygen atoms in total. The second-order valence-electron chi connectivity index (χ2n) is 3.66. The van der Waals surface area contributed by atoms with E-state index >= 15 is 0 Å². The summed E-state index contributed by atoms with van der Waals surface area (Å²) < 4.78 is 3.13. The molecule has 7 heteroatoms. The van der Waals surface area contributed by atoms with E-state index in [9.17, 15) is 4.79 Å². The molecule has 0 aliphatic carbocycles. The minimum atomic E-state index is -0.0869. The first kappa shape index (κ1) is 10.2. The maximum Gasteiger partial charge on any atom is 0.264 e. The molecule has 0 saturated heterocycles. The molecule has 0 bridgehead atoms. The third-order valence-electron chi connectivity index (χ3n) is 2.53. The molecule has 0 atom stereocenters. The highest BCUT2D eigenvalue weighted by atomic mass is 32.1. The van der Waals surface area contributed by atoms with Crippen LogP contribution in [-0.4, -0.2) is 24.3 Å². The smallest absolute Gasteiger partial charge is 0.264 e. The molecule has 3 aromatic rings. The lowest BCUT2D eigenvalue weighted by molar-refractivity contribution is 0.726. The van der Waals surface area contributed by atoms with E-state index in [1.165, 1.54) is 17.7 Å². The normalized spacial score (nSPS) is 11.1. The number of nitrogens with zero attached hydrogens (tertiary/aromatic N) is 5. The summed E-state index contributed by atoms with van der Waals surface area (Å²) in [6.07, 6.45) is 3.08. The highest BCUT2D eigenvalue weighted by molar-refractivity contribution is 7.07. The summed E-state index contributed by atoms with van der Waals surface area (Å²) in [6.45, 7) is 0.445. The van der Waals surface area contributed by atoms with Crippen molar-refractivity contribution in [1.29, 1.82) is 0 Å². The number of hydrogen-bond donors (Lipinski definition) is 0. The molecule has 86 valence electrons. The first-order valence-corrected chi connectivity index (χ1v) is 5.94. The Morgan fingerprint density at radius 2 is 2.29 bits per heavy atom. The van der Waals surface area contributed by atoms with E-state index in [2.05, 4.69) is 15.1 Å². The van der Waals surface area contributed by atoms with Gasteiger partial charge in [-0.3, -0.25) is 14.0 Å². The van der Waals surface area contributed by atoms with Crippen LogP contribution in [0.2, 0.25) is 0 Å². The number of aryl methyl sites for hydroxylation is 1. The number of aromatic nitrogens is 5. The Bertz CT molecular complexity index is 712. The molecule has 3 heterocycles. The standard InChI is InChI=1S/C10H9N5OS/c1-14-9-8(2-13-14)10(16)15(5-11-9)3-7-4-17-6-12-7/h2,4-6H,3H2,1H3. The molecule has 0 spiro atoms. The zero-order valence-electron chi connectivity index (χ0n) is 9.07. The number of thiazole rings is 1. The fourth-order valence-corrected chi connectivity index (χ4v) is 2.22. The van der Waals surface area contributed by atoms with Crippen molar-refractivity contribution in [2.45, 2.75) is 6.54 Å². The fourth-order valence-electron chi connectivity index (χ4n) is 1.67. The molecule has 0 fully saturated rings. The van der Waals surface area contributed by atoms with Crippen molar-refractivity contribution < 1.29 is 0 Å². The van der Waals surface area contributed by atoms with Crippen molar-refractivity contribution in [3.8, 4) is 0 Å². The van der Waals surface area contributed by atoms with Crippen LogP contribution in [0, 0.1) is 0 Å². The van der Waals surface area contributed by atoms with Crippen molar-refractivity contribution in [2.24, 2.45) is 7.05 Å². The maximum absolute atomic E-state index is 12.1. The van der Waals surface area contributed by atoms with Gasteiger partial charge in [0.25, 0.3) is 5.56 Å². The van der Waals surface area contributed by atoms with Gasteiger partial charge in [0.2, 0.25) is 0 Å². The SMILES string of the molecule is Cn1ncc2c(=O)n(Cc3cscn3)cnc21. The second kappa shape index (κ2) is 3.77.